The van der Waals surface area contributed by atoms with Gasteiger partial charge < -0.3 is 21.8 Å². The molecule has 0 amide bonds. The predicted octanol–water partition coefficient (Wildman–Crippen LogP) is 4.44. The van der Waals surface area contributed by atoms with Crippen LogP contribution in [0.25, 0.3) is 0 Å². The van der Waals surface area contributed by atoms with Crippen LogP contribution in [0, 0.1) is 41.9 Å². The lowest BCUT2D eigenvalue weighted by Crippen LogP contribution is -2.51. The summed E-state index contributed by atoms with van der Waals surface area (Å²) in [6.45, 7) is 6.53. The molecule has 0 saturated heterocycles. The van der Waals surface area contributed by atoms with Gasteiger partial charge in [-0.3, -0.25) is 9.36 Å². The molecule has 0 aromatic carbocycles. The van der Waals surface area contributed by atoms with Gasteiger partial charge in [-0.2, -0.15) is 0 Å². The van der Waals surface area contributed by atoms with E-state index in [1.54, 1.807) is 0 Å². The summed E-state index contributed by atoms with van der Waals surface area (Å²) in [7, 11) is -4.84. The molecule has 4 rings (SSSR count). The minimum absolute atomic E-state index is 0. The van der Waals surface area contributed by atoms with E-state index in [1.165, 1.54) is 5.57 Å². The fourth-order valence-corrected chi connectivity index (χ4v) is 7.66. The van der Waals surface area contributed by atoms with Gasteiger partial charge in [-0.05, 0) is 86.5 Å². The summed E-state index contributed by atoms with van der Waals surface area (Å²) in [4.78, 5) is 31.7. The van der Waals surface area contributed by atoms with Crippen LogP contribution in [0.15, 0.2) is 16.8 Å². The molecule has 0 aromatic heterocycles. The van der Waals surface area contributed by atoms with Crippen molar-refractivity contribution in [2.45, 2.75) is 72.1 Å². The van der Waals surface area contributed by atoms with Crippen LogP contribution >= 0.6 is 7.82 Å². The summed E-state index contributed by atoms with van der Waals surface area (Å²) in [6.07, 6.45) is 10.1. The van der Waals surface area contributed by atoms with Gasteiger partial charge in [0.1, 0.15) is 0 Å². The molecule has 4 aliphatic carbocycles. The number of carbonyl (C=O) groups excluding carboxylic acids is 1. The Balaban J connectivity index is 0.00000240. The third-order valence-corrected chi connectivity index (χ3v) is 9.04. The van der Waals surface area contributed by atoms with Gasteiger partial charge in [0.15, 0.2) is 5.78 Å². The monoisotopic (exact) mass is 423 g/mol. The number of phosphoric acid groups is 1. The second kappa shape index (κ2) is 7.62. The molecule has 1 unspecified atom stereocenters. The molecular formula is C22H34NO5P-2. The Bertz CT molecular complexity index is 786. The van der Waals surface area contributed by atoms with E-state index >= 15 is 0 Å². The Labute approximate surface area is 174 Å². The molecule has 0 radical (unpaired) electrons. The molecule has 1 N–H and O–H groups in total. The number of hydrogen-bond donors (Lipinski definition) is 1. The average Bonchev–Trinajstić information content (AvgIpc) is 2.97. The molecule has 29 heavy (non-hydrogen) atoms. The van der Waals surface area contributed by atoms with Crippen LogP contribution in [0.2, 0.25) is 0 Å². The second-order valence-electron chi connectivity index (χ2n) is 9.93. The molecule has 3 saturated carbocycles. The van der Waals surface area contributed by atoms with Gasteiger partial charge in [-0.1, -0.05) is 24.6 Å². The fourth-order valence-electron chi connectivity index (χ4n) is 7.43. The van der Waals surface area contributed by atoms with E-state index in [1.807, 2.05) is 13.0 Å². The molecule has 7 heteroatoms. The van der Waals surface area contributed by atoms with E-state index in [4.69, 9.17) is 4.89 Å². The molecule has 4 aliphatic rings. The molecule has 0 spiro atoms. The predicted molar refractivity (Wildman–Crippen MR) is 111 cm³/mol. The highest BCUT2D eigenvalue weighted by molar-refractivity contribution is 7.44. The summed E-state index contributed by atoms with van der Waals surface area (Å²) in [5.74, 6) is 2.34. The first kappa shape index (κ1) is 22.7. The molecule has 0 bridgehead atoms. The maximum atomic E-state index is 11.9. The van der Waals surface area contributed by atoms with Gasteiger partial charge in [0.25, 0.3) is 0 Å². The number of ketones is 1. The third-order valence-electron chi connectivity index (χ3n) is 8.75. The van der Waals surface area contributed by atoms with Crippen LogP contribution in [0.3, 0.4) is 0 Å². The lowest BCUT2D eigenvalue weighted by atomic mass is 9.46. The second-order valence-corrected chi connectivity index (χ2v) is 11.0. The summed E-state index contributed by atoms with van der Waals surface area (Å²) < 4.78 is 15.3. The largest absolute Gasteiger partial charge is 0.745 e. The normalized spacial score (nSPS) is 43.8. The molecule has 0 aliphatic heterocycles. The highest BCUT2D eigenvalue weighted by Crippen LogP contribution is 2.66. The van der Waals surface area contributed by atoms with E-state index in [0.29, 0.717) is 35.7 Å². The highest BCUT2D eigenvalue weighted by Gasteiger charge is 2.59. The minimum atomic E-state index is -4.84. The number of carbonyl (C=O) groups is 1. The Morgan fingerprint density at radius 3 is 2.62 bits per heavy atom. The van der Waals surface area contributed by atoms with Crippen molar-refractivity contribution in [1.29, 1.82) is 0 Å². The molecule has 164 valence electrons. The SMILES string of the molecule is C/C(=N\OP(=O)([O-])O)[C@H]1CC[C@H]2[C@@H]3CCC4=CC(=O)CC[C@]4(C)[C@H]3CC[C@]12C.[CH3-]. The van der Waals surface area contributed by atoms with Crippen molar-refractivity contribution in [3.8, 4) is 0 Å². The number of hydrogen-bond acceptors (Lipinski definition) is 5. The van der Waals surface area contributed by atoms with Crippen molar-refractivity contribution in [2.24, 2.45) is 39.7 Å². The molecule has 0 heterocycles. The number of fused-ring (bicyclic) bond motifs is 5. The van der Waals surface area contributed by atoms with Crippen molar-refractivity contribution in [1.82, 2.24) is 0 Å². The van der Waals surface area contributed by atoms with E-state index in [9.17, 15) is 14.3 Å². The third kappa shape index (κ3) is 3.77. The Kier molecular flexibility index (Phi) is 5.97. The van der Waals surface area contributed by atoms with Crippen LogP contribution in [0.4, 0.5) is 0 Å². The number of nitrogens with zero attached hydrogens (tertiary/aromatic N) is 1. The lowest BCUT2D eigenvalue weighted by Gasteiger charge is -2.58. The van der Waals surface area contributed by atoms with Gasteiger partial charge in [0, 0.05) is 12.3 Å². The van der Waals surface area contributed by atoms with Gasteiger partial charge in [-0.25, -0.2) is 0 Å². The van der Waals surface area contributed by atoms with Crippen LogP contribution in [0.1, 0.15) is 72.1 Å². The Hall–Kier alpha value is -0.970. The molecular weight excluding hydrogens is 389 g/mol. The van der Waals surface area contributed by atoms with Crippen LogP contribution < -0.4 is 4.89 Å². The quantitative estimate of drug-likeness (QED) is 0.313. The van der Waals surface area contributed by atoms with Gasteiger partial charge in [0.2, 0.25) is 0 Å². The van der Waals surface area contributed by atoms with E-state index < -0.39 is 7.82 Å². The first-order chi connectivity index (χ1) is 13.0. The first-order valence-electron chi connectivity index (χ1n) is 10.6. The van der Waals surface area contributed by atoms with Gasteiger partial charge in [0.05, 0.1) is 5.71 Å². The van der Waals surface area contributed by atoms with Crippen LogP contribution in [-0.2, 0) is 14.0 Å². The number of rotatable bonds is 3. The van der Waals surface area contributed by atoms with Gasteiger partial charge in [-0.15, -0.1) is 0 Å². The lowest BCUT2D eigenvalue weighted by molar-refractivity contribution is -0.220. The Morgan fingerprint density at radius 1 is 1.21 bits per heavy atom. The van der Waals surface area contributed by atoms with Crippen molar-refractivity contribution >= 4 is 19.3 Å². The van der Waals surface area contributed by atoms with Crippen molar-refractivity contribution < 1.29 is 23.8 Å². The zero-order chi connectivity index (χ0) is 20.3. The molecule has 0 aromatic rings. The van der Waals surface area contributed by atoms with Crippen molar-refractivity contribution in [3.63, 3.8) is 0 Å². The molecule has 3 fully saturated rings. The Morgan fingerprint density at radius 2 is 1.93 bits per heavy atom. The molecule has 6 nitrogen and oxygen atoms in total. The summed E-state index contributed by atoms with van der Waals surface area (Å²) in [5, 5.41) is 3.75. The van der Waals surface area contributed by atoms with Crippen molar-refractivity contribution in [3.05, 3.63) is 19.1 Å². The zero-order valence-corrected chi connectivity index (χ0v) is 18.9. The van der Waals surface area contributed by atoms with E-state index in [0.717, 1.165) is 44.9 Å². The maximum absolute atomic E-state index is 11.9. The smallest absolute Gasteiger partial charge is 0.340 e. The van der Waals surface area contributed by atoms with E-state index in [2.05, 4.69) is 23.6 Å². The summed E-state index contributed by atoms with van der Waals surface area (Å²) in [6, 6.07) is 0. The van der Waals surface area contributed by atoms with E-state index in [-0.39, 0.29) is 24.2 Å². The summed E-state index contributed by atoms with van der Waals surface area (Å²) in [5.41, 5.74) is 2.29. The summed E-state index contributed by atoms with van der Waals surface area (Å²) >= 11 is 0. The maximum Gasteiger partial charge on any atom is 0.340 e. The zero-order valence-electron chi connectivity index (χ0n) is 18.0. The fraction of sp³-hybridized carbons (Fsp3) is 0.773. The van der Waals surface area contributed by atoms with Crippen LogP contribution in [0.5, 0.6) is 0 Å². The van der Waals surface area contributed by atoms with Crippen molar-refractivity contribution in [2.75, 3.05) is 0 Å². The standard InChI is InChI=1S/C21H32NO5P.CH3/c1-13(22-27-28(24,25)26)17-6-7-18-16-5-4-14-12-15(23)8-10-20(14,2)19(16)9-11-21(17,18)3;/h12,16-19H,4-11H2,1-3H3,(H2,24,25,26);1H3/q;-1/p-1/b22-13+;/t16-,17+,18-,19-,20-,21+;/m0./s1. The average molecular weight is 423 g/mol. The highest BCUT2D eigenvalue weighted by atomic mass is 31.2. The molecule has 7 atom stereocenters. The topological polar surface area (TPSA) is 99.0 Å². The minimum Gasteiger partial charge on any atom is -0.745 e. The first-order valence-corrected chi connectivity index (χ1v) is 12.0. The van der Waals surface area contributed by atoms with Gasteiger partial charge >= 0.3 is 7.82 Å². The number of oxime groups is 1. The van der Waals surface area contributed by atoms with Crippen LogP contribution in [-0.4, -0.2) is 16.4 Å². The number of allylic oxidation sites excluding steroid dienone is 1.